The zero-order valence-electron chi connectivity index (χ0n) is 19.9. The molecule has 7 nitrogen and oxygen atoms in total. The molecule has 0 unspecified atom stereocenters. The first kappa shape index (κ1) is 23.6. The monoisotopic (exact) mass is 475 g/mol. The van der Waals surface area contributed by atoms with Crippen molar-refractivity contribution < 1.29 is 9.21 Å². The second kappa shape index (κ2) is 10.6. The number of aromatic nitrogens is 3. The molecule has 0 fully saturated rings. The Kier molecular flexibility index (Phi) is 7.37. The Morgan fingerprint density at radius 1 is 0.971 bits per heavy atom. The number of amides is 1. The summed E-state index contributed by atoms with van der Waals surface area (Å²) in [5.74, 6) is 1.84. The molecule has 0 spiro atoms. The zero-order chi connectivity index (χ0) is 24.1. The maximum atomic E-state index is 12.9. The molecule has 0 radical (unpaired) electrons. The topological polar surface area (TPSA) is 67.4 Å². The smallest absolute Gasteiger partial charge is 0.233 e. The van der Waals surface area contributed by atoms with E-state index in [9.17, 15) is 4.79 Å². The molecule has 0 bridgehead atoms. The Bertz CT molecular complexity index is 1230. The molecule has 176 valence electrons. The van der Waals surface area contributed by atoms with Crippen molar-refractivity contribution in [2.24, 2.45) is 0 Å². The molecule has 0 aliphatic rings. The molecule has 4 aromatic rings. The first-order chi connectivity index (χ1) is 16.4. The van der Waals surface area contributed by atoms with Crippen LogP contribution in [0.1, 0.15) is 16.9 Å². The summed E-state index contributed by atoms with van der Waals surface area (Å²) in [4.78, 5) is 16.7. The molecule has 8 heteroatoms. The summed E-state index contributed by atoms with van der Waals surface area (Å²) < 4.78 is 7.54. The van der Waals surface area contributed by atoms with Crippen molar-refractivity contribution in [3.8, 4) is 11.4 Å². The number of carbonyl (C=O) groups is 1. The lowest BCUT2D eigenvalue weighted by molar-refractivity contribution is -0.127. The van der Waals surface area contributed by atoms with Gasteiger partial charge in [0, 0.05) is 33.4 Å². The summed E-state index contributed by atoms with van der Waals surface area (Å²) in [5, 5.41) is 9.55. The first-order valence-corrected chi connectivity index (χ1v) is 12.1. The molecular formula is C26H29N5O2S. The van der Waals surface area contributed by atoms with Gasteiger partial charge in [0.25, 0.3) is 0 Å². The Hall–Kier alpha value is -3.52. The van der Waals surface area contributed by atoms with Gasteiger partial charge in [0.2, 0.25) is 5.91 Å². The minimum absolute atomic E-state index is 0.0389. The van der Waals surface area contributed by atoms with Crippen LogP contribution in [0.15, 0.2) is 76.5 Å². The molecular weight excluding hydrogens is 446 g/mol. The Labute approximate surface area is 204 Å². The summed E-state index contributed by atoms with van der Waals surface area (Å²) >= 11 is 1.40. The van der Waals surface area contributed by atoms with Gasteiger partial charge < -0.3 is 14.2 Å². The minimum atomic E-state index is 0.0389. The van der Waals surface area contributed by atoms with Crippen LogP contribution in [0, 0.1) is 6.92 Å². The third kappa shape index (κ3) is 5.51. The number of rotatable bonds is 9. The van der Waals surface area contributed by atoms with E-state index < -0.39 is 0 Å². The van der Waals surface area contributed by atoms with E-state index in [0.717, 1.165) is 34.0 Å². The molecule has 0 N–H and O–H groups in total. The second-order valence-electron chi connectivity index (χ2n) is 8.37. The van der Waals surface area contributed by atoms with E-state index in [0.29, 0.717) is 18.2 Å². The SMILES string of the molecule is Cc1occc1-c1nnc(SCC(=O)N(C)Cc2ccc(N(C)C)cc2)n1Cc1ccccc1. The first-order valence-electron chi connectivity index (χ1n) is 11.1. The molecule has 2 heterocycles. The number of hydrogen-bond donors (Lipinski definition) is 0. The largest absolute Gasteiger partial charge is 0.469 e. The minimum Gasteiger partial charge on any atom is -0.469 e. The lowest BCUT2D eigenvalue weighted by atomic mass is 10.2. The number of anilines is 1. The van der Waals surface area contributed by atoms with Crippen LogP contribution in [0.25, 0.3) is 11.4 Å². The summed E-state index contributed by atoms with van der Waals surface area (Å²) in [6.45, 7) is 3.08. The molecule has 1 amide bonds. The highest BCUT2D eigenvalue weighted by molar-refractivity contribution is 7.99. The highest BCUT2D eigenvalue weighted by Crippen LogP contribution is 2.28. The van der Waals surface area contributed by atoms with E-state index in [2.05, 4.69) is 51.5 Å². The molecule has 0 atom stereocenters. The summed E-state index contributed by atoms with van der Waals surface area (Å²) in [7, 11) is 5.85. The molecule has 2 aromatic carbocycles. The van der Waals surface area contributed by atoms with Gasteiger partial charge in [-0.1, -0.05) is 54.2 Å². The van der Waals surface area contributed by atoms with Gasteiger partial charge in [0.15, 0.2) is 11.0 Å². The van der Waals surface area contributed by atoms with E-state index in [4.69, 9.17) is 4.42 Å². The van der Waals surface area contributed by atoms with Crippen molar-refractivity contribution in [1.82, 2.24) is 19.7 Å². The van der Waals surface area contributed by atoms with E-state index in [1.165, 1.54) is 11.8 Å². The quantitative estimate of drug-likeness (QED) is 0.327. The molecule has 4 rings (SSSR count). The van der Waals surface area contributed by atoms with Gasteiger partial charge in [-0.15, -0.1) is 10.2 Å². The number of aryl methyl sites for hydroxylation is 1. The molecule has 0 saturated heterocycles. The maximum Gasteiger partial charge on any atom is 0.233 e. The van der Waals surface area contributed by atoms with Crippen LogP contribution in [0.2, 0.25) is 0 Å². The number of nitrogens with zero attached hydrogens (tertiary/aromatic N) is 5. The lowest BCUT2D eigenvalue weighted by Gasteiger charge is -2.18. The number of benzene rings is 2. The third-order valence-electron chi connectivity index (χ3n) is 5.62. The molecule has 34 heavy (non-hydrogen) atoms. The van der Waals surface area contributed by atoms with Gasteiger partial charge in [0.05, 0.1) is 24.1 Å². The van der Waals surface area contributed by atoms with Gasteiger partial charge in [0.1, 0.15) is 5.76 Å². The fraction of sp³-hybridized carbons (Fsp3) is 0.269. The van der Waals surface area contributed by atoms with Crippen molar-refractivity contribution in [1.29, 1.82) is 0 Å². The number of hydrogen-bond acceptors (Lipinski definition) is 6. The third-order valence-corrected chi connectivity index (χ3v) is 6.57. The molecule has 0 aliphatic heterocycles. The van der Waals surface area contributed by atoms with Gasteiger partial charge in [-0.3, -0.25) is 9.36 Å². The van der Waals surface area contributed by atoms with Crippen molar-refractivity contribution in [3.05, 3.63) is 83.8 Å². The van der Waals surface area contributed by atoms with Crippen molar-refractivity contribution in [3.63, 3.8) is 0 Å². The van der Waals surface area contributed by atoms with E-state index in [1.54, 1.807) is 11.2 Å². The predicted molar refractivity (Wildman–Crippen MR) is 136 cm³/mol. The van der Waals surface area contributed by atoms with Crippen LogP contribution in [-0.2, 0) is 17.9 Å². The van der Waals surface area contributed by atoms with Gasteiger partial charge >= 0.3 is 0 Å². The average molecular weight is 476 g/mol. The van der Waals surface area contributed by atoms with Crippen LogP contribution in [0.4, 0.5) is 5.69 Å². The second-order valence-corrected chi connectivity index (χ2v) is 9.31. The lowest BCUT2D eigenvalue weighted by Crippen LogP contribution is -2.28. The van der Waals surface area contributed by atoms with E-state index >= 15 is 0 Å². The van der Waals surface area contributed by atoms with Crippen LogP contribution < -0.4 is 4.90 Å². The van der Waals surface area contributed by atoms with Crippen LogP contribution in [0.3, 0.4) is 0 Å². The summed E-state index contributed by atoms with van der Waals surface area (Å²) in [6.07, 6.45) is 1.66. The number of furan rings is 1. The fourth-order valence-electron chi connectivity index (χ4n) is 3.62. The predicted octanol–water partition coefficient (Wildman–Crippen LogP) is 4.71. The van der Waals surface area contributed by atoms with E-state index in [-0.39, 0.29) is 11.7 Å². The summed E-state index contributed by atoms with van der Waals surface area (Å²) in [5.41, 5.74) is 4.27. The Morgan fingerprint density at radius 3 is 2.35 bits per heavy atom. The van der Waals surface area contributed by atoms with Crippen molar-refractivity contribution in [2.45, 2.75) is 25.2 Å². The zero-order valence-corrected chi connectivity index (χ0v) is 20.7. The van der Waals surface area contributed by atoms with Crippen molar-refractivity contribution in [2.75, 3.05) is 31.8 Å². The van der Waals surface area contributed by atoms with Gasteiger partial charge in [-0.05, 0) is 36.2 Å². The maximum absolute atomic E-state index is 12.9. The summed E-state index contributed by atoms with van der Waals surface area (Å²) in [6, 6.07) is 20.3. The van der Waals surface area contributed by atoms with Gasteiger partial charge in [-0.2, -0.15) is 0 Å². The van der Waals surface area contributed by atoms with Crippen LogP contribution in [0.5, 0.6) is 0 Å². The highest BCUT2D eigenvalue weighted by Gasteiger charge is 2.19. The van der Waals surface area contributed by atoms with Crippen LogP contribution in [-0.4, -0.2) is 52.5 Å². The molecule has 2 aromatic heterocycles. The van der Waals surface area contributed by atoms with Crippen molar-refractivity contribution >= 4 is 23.4 Å². The Morgan fingerprint density at radius 2 is 1.71 bits per heavy atom. The Balaban J connectivity index is 1.47. The van der Waals surface area contributed by atoms with E-state index in [1.807, 2.05) is 56.9 Å². The standard InChI is InChI=1S/C26H29N5O2S/c1-19-23(14-15-33-19)25-27-28-26(31(25)17-20-8-6-5-7-9-20)34-18-24(32)30(4)16-21-10-12-22(13-11-21)29(2)3/h5-15H,16-18H2,1-4H3. The highest BCUT2D eigenvalue weighted by atomic mass is 32.2. The molecule has 0 saturated carbocycles. The van der Waals surface area contributed by atoms with Crippen LogP contribution >= 0.6 is 11.8 Å². The average Bonchev–Trinajstić information content (AvgIpc) is 3.43. The number of thioether (sulfide) groups is 1. The number of carbonyl (C=O) groups excluding carboxylic acids is 1. The fourth-order valence-corrected chi connectivity index (χ4v) is 4.50. The normalized spacial score (nSPS) is 10.9. The molecule has 0 aliphatic carbocycles. The van der Waals surface area contributed by atoms with Gasteiger partial charge in [-0.25, -0.2) is 0 Å².